The van der Waals surface area contributed by atoms with Gasteiger partial charge in [-0.15, -0.1) is 11.3 Å². The molecule has 0 saturated carbocycles. The van der Waals surface area contributed by atoms with Crippen LogP contribution in [0.3, 0.4) is 0 Å². The molecule has 0 spiro atoms. The number of aryl methyl sites for hydroxylation is 2. The van der Waals surface area contributed by atoms with Crippen LogP contribution < -0.4 is 10.9 Å². The molecule has 4 rings (SSSR count). The fourth-order valence-electron chi connectivity index (χ4n) is 4.43. The third-order valence-electron chi connectivity index (χ3n) is 5.94. The number of aromatic amines is 1. The molecule has 2 aromatic heterocycles. The first-order valence-electron chi connectivity index (χ1n) is 10.2. The second-order valence-electron chi connectivity index (χ2n) is 7.90. The van der Waals surface area contributed by atoms with Crippen molar-refractivity contribution in [2.75, 3.05) is 13.1 Å². The van der Waals surface area contributed by atoms with Gasteiger partial charge in [-0.05, 0) is 56.1 Å². The maximum absolute atomic E-state index is 13.0. The molecule has 2 amide bonds. The predicted octanol–water partition coefficient (Wildman–Crippen LogP) is 2.44. The van der Waals surface area contributed by atoms with Crippen LogP contribution in [0.2, 0.25) is 0 Å². The smallest absolute Gasteiger partial charge is 0.261 e. The first-order valence-corrected chi connectivity index (χ1v) is 11.1. The largest absolute Gasteiger partial charge is 0.347 e. The van der Waals surface area contributed by atoms with E-state index >= 15 is 0 Å². The van der Waals surface area contributed by atoms with Crippen molar-refractivity contribution in [1.82, 2.24) is 20.2 Å². The maximum atomic E-state index is 13.0. The van der Waals surface area contributed by atoms with E-state index in [1.807, 2.05) is 5.38 Å². The third-order valence-corrected chi connectivity index (χ3v) is 6.80. The molecule has 2 aromatic rings. The van der Waals surface area contributed by atoms with Crippen LogP contribution in [0.4, 0.5) is 0 Å². The molecule has 0 radical (unpaired) electrons. The van der Waals surface area contributed by atoms with E-state index in [4.69, 9.17) is 0 Å². The number of fused-ring (bicyclic) bond motifs is 1. The number of carbonyl (C=O) groups is 2. The standard InChI is InChI=1S/C21H26N4O3S/c1-13(26)23-18(20-22-8-11-29-20)14-6-9-25(10-7-14)21(28)16-12-15-4-2-3-5-17(15)24-19(16)27/h8,11-12,14,18H,2-7,9-10H2,1H3,(H,23,26)(H,24,27). The number of amides is 2. The van der Waals surface area contributed by atoms with Crippen LogP contribution in [0.25, 0.3) is 0 Å². The molecule has 1 aliphatic carbocycles. The van der Waals surface area contributed by atoms with Gasteiger partial charge in [-0.2, -0.15) is 0 Å². The number of pyridine rings is 1. The van der Waals surface area contributed by atoms with Crippen LogP contribution >= 0.6 is 11.3 Å². The quantitative estimate of drug-likeness (QED) is 0.803. The van der Waals surface area contributed by atoms with Crippen molar-refractivity contribution < 1.29 is 9.59 Å². The summed E-state index contributed by atoms with van der Waals surface area (Å²) in [5, 5.41) is 5.83. The fraction of sp³-hybridized carbons (Fsp3) is 0.524. The second-order valence-corrected chi connectivity index (χ2v) is 8.83. The normalized spacial score (nSPS) is 18.2. The van der Waals surface area contributed by atoms with Gasteiger partial charge in [0.05, 0.1) is 6.04 Å². The Hall–Kier alpha value is -2.48. The first kappa shape index (κ1) is 19.8. The number of aromatic nitrogens is 2. The molecule has 1 saturated heterocycles. The number of thiazole rings is 1. The monoisotopic (exact) mass is 414 g/mol. The van der Waals surface area contributed by atoms with Crippen LogP contribution in [0.15, 0.2) is 22.4 Å². The summed E-state index contributed by atoms with van der Waals surface area (Å²) in [5.41, 5.74) is 2.06. The number of rotatable bonds is 4. The van der Waals surface area contributed by atoms with Gasteiger partial charge < -0.3 is 15.2 Å². The summed E-state index contributed by atoms with van der Waals surface area (Å²) in [6.45, 7) is 2.66. The summed E-state index contributed by atoms with van der Waals surface area (Å²) >= 11 is 1.53. The van der Waals surface area contributed by atoms with E-state index in [0.717, 1.165) is 54.8 Å². The Labute approximate surface area is 173 Å². The highest BCUT2D eigenvalue weighted by Crippen LogP contribution is 2.32. The first-order chi connectivity index (χ1) is 14.0. The summed E-state index contributed by atoms with van der Waals surface area (Å²) in [5.74, 6) is -0.0522. The number of carbonyl (C=O) groups excluding carboxylic acids is 2. The Balaban J connectivity index is 1.46. The lowest BCUT2D eigenvalue weighted by molar-refractivity contribution is -0.120. The summed E-state index contributed by atoms with van der Waals surface area (Å²) in [7, 11) is 0. The number of likely N-dealkylation sites (tertiary alicyclic amines) is 1. The number of hydrogen-bond donors (Lipinski definition) is 2. The van der Waals surface area contributed by atoms with Gasteiger partial charge in [0.2, 0.25) is 5.91 Å². The average Bonchev–Trinajstić information content (AvgIpc) is 3.25. The van der Waals surface area contributed by atoms with E-state index < -0.39 is 0 Å². The van der Waals surface area contributed by atoms with Crippen LogP contribution in [0.1, 0.15) is 65.3 Å². The molecule has 2 aliphatic rings. The van der Waals surface area contributed by atoms with Crippen molar-refractivity contribution in [3.05, 3.63) is 49.8 Å². The summed E-state index contributed by atoms with van der Waals surface area (Å²) in [4.78, 5) is 46.2. The minimum Gasteiger partial charge on any atom is -0.347 e. The molecule has 0 bridgehead atoms. The van der Waals surface area contributed by atoms with Crippen LogP contribution in [-0.4, -0.2) is 39.8 Å². The Bertz CT molecular complexity index is 945. The molecular weight excluding hydrogens is 388 g/mol. The van der Waals surface area contributed by atoms with Crippen LogP contribution in [-0.2, 0) is 17.6 Å². The van der Waals surface area contributed by atoms with Gasteiger partial charge in [0.15, 0.2) is 0 Å². The fourth-order valence-corrected chi connectivity index (χ4v) is 5.21. The number of H-pyrrole nitrogens is 1. The molecule has 29 heavy (non-hydrogen) atoms. The van der Waals surface area contributed by atoms with E-state index in [2.05, 4.69) is 15.3 Å². The highest BCUT2D eigenvalue weighted by molar-refractivity contribution is 7.09. The Morgan fingerprint density at radius 1 is 1.28 bits per heavy atom. The molecule has 2 N–H and O–H groups in total. The maximum Gasteiger partial charge on any atom is 0.261 e. The lowest BCUT2D eigenvalue weighted by atomic mass is 9.89. The Morgan fingerprint density at radius 3 is 2.72 bits per heavy atom. The van der Waals surface area contributed by atoms with Crippen LogP contribution in [0.5, 0.6) is 0 Å². The highest BCUT2D eigenvalue weighted by atomic mass is 32.1. The topological polar surface area (TPSA) is 95.2 Å². The highest BCUT2D eigenvalue weighted by Gasteiger charge is 2.32. The molecule has 0 aromatic carbocycles. The lowest BCUT2D eigenvalue weighted by Gasteiger charge is -2.35. The van der Waals surface area contributed by atoms with Crippen molar-refractivity contribution in [2.24, 2.45) is 5.92 Å². The number of hydrogen-bond acceptors (Lipinski definition) is 5. The Morgan fingerprint density at radius 2 is 2.03 bits per heavy atom. The van der Waals surface area contributed by atoms with Crippen molar-refractivity contribution in [2.45, 2.75) is 51.5 Å². The zero-order chi connectivity index (χ0) is 20.4. The van der Waals surface area contributed by atoms with Gasteiger partial charge in [0, 0.05) is 37.3 Å². The molecule has 8 heteroatoms. The molecule has 7 nitrogen and oxygen atoms in total. The summed E-state index contributed by atoms with van der Waals surface area (Å²) < 4.78 is 0. The van der Waals surface area contributed by atoms with E-state index in [0.29, 0.717) is 13.1 Å². The SMILES string of the molecule is CC(=O)NC(c1nccs1)C1CCN(C(=O)c2cc3c([nH]c2=O)CCCC3)CC1. The number of piperidine rings is 1. The van der Waals surface area contributed by atoms with Crippen molar-refractivity contribution in [3.8, 4) is 0 Å². The van der Waals surface area contributed by atoms with E-state index in [1.54, 1.807) is 17.2 Å². The van der Waals surface area contributed by atoms with Gasteiger partial charge in [-0.3, -0.25) is 14.4 Å². The Kier molecular flexibility index (Phi) is 5.80. The lowest BCUT2D eigenvalue weighted by Crippen LogP contribution is -2.44. The van der Waals surface area contributed by atoms with Gasteiger partial charge in [-0.1, -0.05) is 0 Å². The molecule has 1 fully saturated rings. The molecule has 154 valence electrons. The summed E-state index contributed by atoms with van der Waals surface area (Å²) in [6, 6.07) is 1.68. The molecule has 3 heterocycles. The van der Waals surface area contributed by atoms with E-state index in [-0.39, 0.29) is 34.9 Å². The second kappa shape index (κ2) is 8.49. The number of nitrogens with one attached hydrogen (secondary N) is 2. The zero-order valence-electron chi connectivity index (χ0n) is 16.6. The zero-order valence-corrected chi connectivity index (χ0v) is 17.4. The van der Waals surface area contributed by atoms with Gasteiger partial charge in [0.1, 0.15) is 10.6 Å². The van der Waals surface area contributed by atoms with Crippen molar-refractivity contribution in [1.29, 1.82) is 0 Å². The van der Waals surface area contributed by atoms with Crippen molar-refractivity contribution in [3.63, 3.8) is 0 Å². The minimum atomic E-state index is -0.281. The predicted molar refractivity (Wildman–Crippen MR) is 111 cm³/mol. The van der Waals surface area contributed by atoms with E-state index in [1.165, 1.54) is 18.3 Å². The average molecular weight is 415 g/mol. The minimum absolute atomic E-state index is 0.0794. The summed E-state index contributed by atoms with van der Waals surface area (Å²) in [6.07, 6.45) is 7.25. The molecule has 1 atom stereocenters. The van der Waals surface area contributed by atoms with Crippen LogP contribution in [0, 0.1) is 5.92 Å². The van der Waals surface area contributed by atoms with Crippen molar-refractivity contribution >= 4 is 23.2 Å². The van der Waals surface area contributed by atoms with Gasteiger partial charge in [0.25, 0.3) is 11.5 Å². The van der Waals surface area contributed by atoms with Gasteiger partial charge >= 0.3 is 0 Å². The molecular formula is C21H26N4O3S. The number of nitrogens with zero attached hydrogens (tertiary/aromatic N) is 2. The third kappa shape index (κ3) is 4.27. The van der Waals surface area contributed by atoms with E-state index in [9.17, 15) is 14.4 Å². The molecule has 1 unspecified atom stereocenters. The van der Waals surface area contributed by atoms with Gasteiger partial charge in [-0.25, -0.2) is 4.98 Å². The molecule has 1 aliphatic heterocycles.